The number of rotatable bonds is 8. The van der Waals surface area contributed by atoms with Gasteiger partial charge in [-0.2, -0.15) is 0 Å². The molecule has 0 bridgehead atoms. The van der Waals surface area contributed by atoms with Gasteiger partial charge >= 0.3 is 12.0 Å². The molecule has 1 fully saturated rings. The highest BCUT2D eigenvalue weighted by atomic mass is 19.1. The summed E-state index contributed by atoms with van der Waals surface area (Å²) < 4.78 is 34.4. The van der Waals surface area contributed by atoms with Crippen molar-refractivity contribution in [2.75, 3.05) is 14.2 Å². The molecule has 0 radical (unpaired) electrons. The first-order chi connectivity index (χ1) is 16.9. The molecule has 0 aliphatic carbocycles. The summed E-state index contributed by atoms with van der Waals surface area (Å²) in [4.78, 5) is 37.6. The van der Waals surface area contributed by atoms with Gasteiger partial charge in [0.1, 0.15) is 23.9 Å². The lowest BCUT2D eigenvalue weighted by Gasteiger charge is -2.12. The number of hydrogen-bond donors (Lipinski definition) is 1. The maximum Gasteiger partial charge on any atom is 0.373 e. The lowest BCUT2D eigenvalue weighted by atomic mass is 10.1. The van der Waals surface area contributed by atoms with Gasteiger partial charge in [0, 0.05) is 0 Å². The molecular formula is C25H21FN2O7. The van der Waals surface area contributed by atoms with Crippen molar-refractivity contribution in [3.63, 3.8) is 0 Å². The first-order valence-electron chi connectivity index (χ1n) is 10.4. The van der Waals surface area contributed by atoms with Crippen LogP contribution >= 0.6 is 0 Å². The number of furan rings is 1. The summed E-state index contributed by atoms with van der Waals surface area (Å²) >= 11 is 0. The van der Waals surface area contributed by atoms with Gasteiger partial charge in [0.25, 0.3) is 5.91 Å². The van der Waals surface area contributed by atoms with Crippen molar-refractivity contribution in [1.29, 1.82) is 0 Å². The van der Waals surface area contributed by atoms with Gasteiger partial charge in [-0.15, -0.1) is 0 Å². The van der Waals surface area contributed by atoms with E-state index in [-0.39, 0.29) is 36.2 Å². The Bertz CT molecular complexity index is 1310. The average Bonchev–Trinajstić information content (AvgIpc) is 3.43. The molecule has 4 rings (SSSR count). The lowest BCUT2D eigenvalue weighted by Crippen LogP contribution is -2.30. The molecule has 1 aromatic heterocycles. The second kappa shape index (κ2) is 10.1. The topological polar surface area (TPSA) is 107 Å². The molecule has 35 heavy (non-hydrogen) atoms. The van der Waals surface area contributed by atoms with Gasteiger partial charge in [0.05, 0.1) is 20.8 Å². The zero-order valence-electron chi connectivity index (χ0n) is 18.9. The van der Waals surface area contributed by atoms with Crippen LogP contribution in [-0.2, 0) is 22.7 Å². The number of benzene rings is 2. The third-order valence-electron chi connectivity index (χ3n) is 5.11. The molecule has 2 aromatic carbocycles. The van der Waals surface area contributed by atoms with E-state index in [0.29, 0.717) is 22.6 Å². The summed E-state index contributed by atoms with van der Waals surface area (Å²) in [6.45, 7) is -0.0162. The maximum atomic E-state index is 13.4. The fraction of sp³-hybridized carbons (Fsp3) is 0.160. The standard InChI is InChI=1S/C25H21FN2O7/c1-32-22-12-15(6-8-20(22)34-14-16-4-3-5-17(26)10-16)11-19-23(29)28(25(31)27-19)13-18-7-9-21(35-18)24(30)33-2/h3-12H,13-14H2,1-2H3,(H,27,31). The smallest absolute Gasteiger partial charge is 0.373 e. The van der Waals surface area contributed by atoms with E-state index in [0.717, 1.165) is 4.90 Å². The number of carbonyl (C=O) groups excluding carboxylic acids is 3. The summed E-state index contributed by atoms with van der Waals surface area (Å²) in [5, 5.41) is 2.52. The highest BCUT2D eigenvalue weighted by molar-refractivity contribution is 6.13. The van der Waals surface area contributed by atoms with Crippen LogP contribution in [-0.4, -0.2) is 37.0 Å². The number of carbonyl (C=O) groups is 3. The summed E-state index contributed by atoms with van der Waals surface area (Å²) in [7, 11) is 2.69. The SMILES string of the molecule is COC(=O)c1ccc(CN2C(=O)NC(=Cc3ccc(OCc4cccc(F)c4)c(OC)c3)C2=O)o1. The van der Waals surface area contributed by atoms with Crippen molar-refractivity contribution >= 4 is 24.0 Å². The minimum atomic E-state index is -0.661. The van der Waals surface area contributed by atoms with Gasteiger partial charge in [-0.05, 0) is 53.6 Å². The van der Waals surface area contributed by atoms with Crippen molar-refractivity contribution in [3.8, 4) is 11.5 Å². The van der Waals surface area contributed by atoms with Crippen molar-refractivity contribution in [3.05, 3.63) is 88.8 Å². The Morgan fingerprint density at radius 3 is 2.66 bits per heavy atom. The second-order valence-electron chi connectivity index (χ2n) is 7.47. The molecule has 3 aromatic rings. The first-order valence-corrected chi connectivity index (χ1v) is 10.4. The minimum absolute atomic E-state index is 0.0304. The maximum absolute atomic E-state index is 13.4. The molecule has 0 unspecified atom stereocenters. The number of ether oxygens (including phenoxy) is 3. The van der Waals surface area contributed by atoms with E-state index < -0.39 is 17.9 Å². The molecule has 1 aliphatic heterocycles. The Labute approximate surface area is 199 Å². The van der Waals surface area contributed by atoms with Gasteiger partial charge < -0.3 is 23.9 Å². The predicted octanol–water partition coefficient (Wildman–Crippen LogP) is 3.89. The Morgan fingerprint density at radius 2 is 1.91 bits per heavy atom. The summed E-state index contributed by atoms with van der Waals surface area (Å²) in [5.41, 5.74) is 1.30. The number of halogens is 1. The van der Waals surface area contributed by atoms with E-state index in [1.54, 1.807) is 30.3 Å². The monoisotopic (exact) mass is 480 g/mol. The van der Waals surface area contributed by atoms with Crippen molar-refractivity contribution in [2.24, 2.45) is 0 Å². The summed E-state index contributed by atoms with van der Waals surface area (Å²) in [6, 6.07) is 13.3. The van der Waals surface area contributed by atoms with Crippen LogP contribution in [0.3, 0.4) is 0 Å². The molecule has 0 spiro atoms. The van der Waals surface area contributed by atoms with Crippen LogP contribution in [0.4, 0.5) is 9.18 Å². The summed E-state index contributed by atoms with van der Waals surface area (Å²) in [6.07, 6.45) is 1.50. The number of nitrogens with one attached hydrogen (secondary N) is 1. The zero-order chi connectivity index (χ0) is 24.9. The number of methoxy groups -OCH3 is 2. The van der Waals surface area contributed by atoms with E-state index in [9.17, 15) is 18.8 Å². The molecule has 1 saturated heterocycles. The van der Waals surface area contributed by atoms with Crippen LogP contribution in [0.2, 0.25) is 0 Å². The average molecular weight is 480 g/mol. The molecule has 3 amide bonds. The Morgan fingerprint density at radius 1 is 1.09 bits per heavy atom. The number of nitrogens with zero attached hydrogens (tertiary/aromatic N) is 1. The van der Waals surface area contributed by atoms with Crippen LogP contribution in [0.15, 0.2) is 64.7 Å². The van der Waals surface area contributed by atoms with E-state index in [4.69, 9.17) is 13.9 Å². The van der Waals surface area contributed by atoms with Gasteiger partial charge in [0.15, 0.2) is 11.5 Å². The normalized spacial score (nSPS) is 14.3. The number of imide groups is 1. The van der Waals surface area contributed by atoms with Crippen molar-refractivity contribution < 1.29 is 37.4 Å². The van der Waals surface area contributed by atoms with Gasteiger partial charge in [-0.3, -0.25) is 9.69 Å². The van der Waals surface area contributed by atoms with Gasteiger partial charge in [-0.1, -0.05) is 18.2 Å². The van der Waals surface area contributed by atoms with E-state index in [1.807, 2.05) is 0 Å². The third-order valence-corrected chi connectivity index (χ3v) is 5.11. The molecule has 0 saturated carbocycles. The lowest BCUT2D eigenvalue weighted by molar-refractivity contribution is -0.123. The Hall–Kier alpha value is -4.60. The van der Waals surface area contributed by atoms with Crippen LogP contribution in [0.1, 0.15) is 27.4 Å². The molecular weight excluding hydrogens is 459 g/mol. The van der Waals surface area contributed by atoms with Crippen molar-refractivity contribution in [2.45, 2.75) is 13.2 Å². The van der Waals surface area contributed by atoms with Crippen LogP contribution < -0.4 is 14.8 Å². The van der Waals surface area contributed by atoms with E-state index in [2.05, 4.69) is 10.1 Å². The third kappa shape index (κ3) is 5.32. The number of amides is 3. The second-order valence-corrected chi connectivity index (χ2v) is 7.47. The largest absolute Gasteiger partial charge is 0.493 e. The predicted molar refractivity (Wildman–Crippen MR) is 121 cm³/mol. The number of urea groups is 1. The quantitative estimate of drug-likeness (QED) is 0.296. The molecule has 10 heteroatoms. The van der Waals surface area contributed by atoms with Gasteiger partial charge in [-0.25, -0.2) is 14.0 Å². The first kappa shape index (κ1) is 23.6. The van der Waals surface area contributed by atoms with Crippen molar-refractivity contribution in [1.82, 2.24) is 10.2 Å². The molecule has 0 atom stereocenters. The molecule has 9 nitrogen and oxygen atoms in total. The molecule has 1 N–H and O–H groups in total. The fourth-order valence-corrected chi connectivity index (χ4v) is 3.39. The fourth-order valence-electron chi connectivity index (χ4n) is 3.39. The zero-order valence-corrected chi connectivity index (χ0v) is 18.9. The Balaban J connectivity index is 1.46. The number of esters is 1. The molecule has 180 valence electrons. The number of hydrogen-bond acceptors (Lipinski definition) is 7. The van der Waals surface area contributed by atoms with E-state index >= 15 is 0 Å². The summed E-state index contributed by atoms with van der Waals surface area (Å²) in [5.74, 6) is -0.526. The van der Waals surface area contributed by atoms with Crippen LogP contribution in [0.25, 0.3) is 6.08 Å². The highest BCUT2D eigenvalue weighted by Gasteiger charge is 2.34. The minimum Gasteiger partial charge on any atom is -0.493 e. The molecule has 1 aliphatic rings. The van der Waals surface area contributed by atoms with E-state index in [1.165, 1.54) is 44.6 Å². The molecule has 2 heterocycles. The van der Waals surface area contributed by atoms with Crippen LogP contribution in [0, 0.1) is 5.82 Å². The highest BCUT2D eigenvalue weighted by Crippen LogP contribution is 2.30. The van der Waals surface area contributed by atoms with Gasteiger partial charge in [0.2, 0.25) is 5.76 Å². The van der Waals surface area contributed by atoms with Crippen LogP contribution in [0.5, 0.6) is 11.5 Å². The Kier molecular flexibility index (Phi) is 6.81.